The zero-order chi connectivity index (χ0) is 22.5. The molecule has 32 heavy (non-hydrogen) atoms. The predicted octanol–water partition coefficient (Wildman–Crippen LogP) is 2.23. The van der Waals surface area contributed by atoms with Crippen molar-refractivity contribution in [1.29, 1.82) is 0 Å². The van der Waals surface area contributed by atoms with E-state index in [0.717, 1.165) is 19.6 Å². The number of methoxy groups -OCH3 is 1. The van der Waals surface area contributed by atoms with E-state index in [9.17, 15) is 14.7 Å². The summed E-state index contributed by atoms with van der Waals surface area (Å²) < 4.78 is 10.6. The number of carbonyl (C=O) groups excluding carboxylic acids is 2. The number of nitrogens with zero attached hydrogens (tertiary/aromatic N) is 3. The number of morpholine rings is 1. The Hall–Kier alpha value is -3.23. The van der Waals surface area contributed by atoms with Crippen molar-refractivity contribution in [2.24, 2.45) is 0 Å². The fourth-order valence-electron chi connectivity index (χ4n) is 4.19. The first-order valence-electron chi connectivity index (χ1n) is 10.7. The van der Waals surface area contributed by atoms with Crippen molar-refractivity contribution in [2.75, 3.05) is 46.5 Å². The highest BCUT2D eigenvalue weighted by Gasteiger charge is 2.45. The SMILES string of the molecule is COc1ccc(C(O)=C2C(=O)C(=O)N(CCCN3CCOCC3)[C@@H]2c2cccnc2)cc1. The third-order valence-corrected chi connectivity index (χ3v) is 5.88. The molecule has 1 aromatic heterocycles. The van der Waals surface area contributed by atoms with E-state index in [1.165, 1.54) is 0 Å². The molecule has 4 rings (SSSR count). The summed E-state index contributed by atoms with van der Waals surface area (Å²) in [6.45, 7) is 4.36. The maximum absolute atomic E-state index is 13.0. The monoisotopic (exact) mass is 437 g/mol. The summed E-state index contributed by atoms with van der Waals surface area (Å²) in [4.78, 5) is 34.0. The van der Waals surface area contributed by atoms with Crippen LogP contribution in [0.5, 0.6) is 5.75 Å². The van der Waals surface area contributed by atoms with E-state index in [2.05, 4.69) is 9.88 Å². The second-order valence-electron chi connectivity index (χ2n) is 7.81. The second kappa shape index (κ2) is 9.93. The van der Waals surface area contributed by atoms with E-state index < -0.39 is 17.7 Å². The molecule has 168 valence electrons. The molecule has 2 fully saturated rings. The molecule has 1 atom stereocenters. The molecule has 0 saturated carbocycles. The summed E-state index contributed by atoms with van der Waals surface area (Å²) in [6.07, 6.45) is 3.98. The van der Waals surface area contributed by atoms with E-state index >= 15 is 0 Å². The van der Waals surface area contributed by atoms with E-state index in [1.807, 2.05) is 6.07 Å². The normalized spacial score (nSPS) is 21.2. The Kier molecular flexibility index (Phi) is 6.82. The first kappa shape index (κ1) is 22.0. The lowest BCUT2D eigenvalue weighted by atomic mass is 9.96. The van der Waals surface area contributed by atoms with Crippen molar-refractivity contribution in [3.05, 3.63) is 65.5 Å². The van der Waals surface area contributed by atoms with Crippen LogP contribution >= 0.6 is 0 Å². The molecule has 8 nitrogen and oxygen atoms in total. The van der Waals surface area contributed by atoms with Crippen molar-refractivity contribution in [2.45, 2.75) is 12.5 Å². The molecule has 1 amide bonds. The molecule has 0 bridgehead atoms. The van der Waals surface area contributed by atoms with Crippen LogP contribution in [0, 0.1) is 0 Å². The molecular weight excluding hydrogens is 410 g/mol. The highest BCUT2D eigenvalue weighted by molar-refractivity contribution is 6.46. The van der Waals surface area contributed by atoms with Gasteiger partial charge in [0.05, 0.1) is 31.9 Å². The first-order chi connectivity index (χ1) is 15.6. The van der Waals surface area contributed by atoms with Gasteiger partial charge in [-0.1, -0.05) is 6.07 Å². The van der Waals surface area contributed by atoms with Gasteiger partial charge in [-0.25, -0.2) is 0 Å². The first-order valence-corrected chi connectivity index (χ1v) is 10.7. The van der Waals surface area contributed by atoms with Crippen LogP contribution in [-0.4, -0.2) is 78.1 Å². The number of amides is 1. The van der Waals surface area contributed by atoms with E-state index in [0.29, 0.717) is 43.1 Å². The van der Waals surface area contributed by atoms with E-state index in [1.54, 1.807) is 54.7 Å². The van der Waals surface area contributed by atoms with Crippen LogP contribution in [0.1, 0.15) is 23.6 Å². The molecule has 2 aromatic rings. The lowest BCUT2D eigenvalue weighted by Gasteiger charge is -2.29. The fourth-order valence-corrected chi connectivity index (χ4v) is 4.19. The van der Waals surface area contributed by atoms with Gasteiger partial charge in [0.25, 0.3) is 11.7 Å². The summed E-state index contributed by atoms with van der Waals surface area (Å²) in [6, 6.07) is 9.63. The summed E-state index contributed by atoms with van der Waals surface area (Å²) in [5.74, 6) is -0.848. The van der Waals surface area contributed by atoms with Gasteiger partial charge >= 0.3 is 0 Å². The minimum atomic E-state index is -0.685. The maximum Gasteiger partial charge on any atom is 0.295 e. The summed E-state index contributed by atoms with van der Waals surface area (Å²) in [5.41, 5.74) is 1.22. The molecule has 2 aliphatic rings. The Balaban J connectivity index is 1.64. The number of aliphatic hydroxyl groups excluding tert-OH is 1. The highest BCUT2D eigenvalue weighted by atomic mass is 16.5. The van der Waals surface area contributed by atoms with Crippen LogP contribution in [-0.2, 0) is 14.3 Å². The number of hydrogen-bond donors (Lipinski definition) is 1. The molecule has 1 aromatic carbocycles. The Morgan fingerprint density at radius 2 is 1.91 bits per heavy atom. The van der Waals surface area contributed by atoms with Crippen LogP contribution in [0.4, 0.5) is 0 Å². The molecule has 0 spiro atoms. The number of aliphatic hydroxyl groups is 1. The fraction of sp³-hybridized carbons (Fsp3) is 0.375. The third kappa shape index (κ3) is 4.51. The van der Waals surface area contributed by atoms with Crippen molar-refractivity contribution < 1.29 is 24.2 Å². The Labute approximate surface area is 187 Å². The van der Waals surface area contributed by atoms with Gasteiger partial charge in [0.2, 0.25) is 0 Å². The van der Waals surface area contributed by atoms with Crippen LogP contribution in [0.25, 0.3) is 5.76 Å². The van der Waals surface area contributed by atoms with E-state index in [4.69, 9.17) is 9.47 Å². The largest absolute Gasteiger partial charge is 0.507 e. The van der Waals surface area contributed by atoms with Crippen LogP contribution in [0.3, 0.4) is 0 Å². The number of pyridine rings is 1. The van der Waals surface area contributed by atoms with E-state index in [-0.39, 0.29) is 11.3 Å². The minimum absolute atomic E-state index is 0.0829. The minimum Gasteiger partial charge on any atom is -0.507 e. The topological polar surface area (TPSA) is 92.2 Å². The Morgan fingerprint density at radius 1 is 1.16 bits per heavy atom. The zero-order valence-corrected chi connectivity index (χ0v) is 18.1. The number of benzene rings is 1. The number of Topliss-reactive ketones (excluding diaryl/α,β-unsaturated/α-hetero) is 1. The number of aromatic nitrogens is 1. The van der Waals surface area contributed by atoms with Crippen LogP contribution in [0.15, 0.2) is 54.4 Å². The number of ether oxygens (including phenoxy) is 2. The molecule has 0 unspecified atom stereocenters. The lowest BCUT2D eigenvalue weighted by molar-refractivity contribution is -0.140. The number of hydrogen-bond acceptors (Lipinski definition) is 7. The third-order valence-electron chi connectivity index (χ3n) is 5.88. The standard InChI is InChI=1S/C24H27N3O5/c1-31-19-7-5-17(6-8-19)22(28)20-21(18-4-2-9-25-16-18)27(24(30)23(20)29)11-3-10-26-12-14-32-15-13-26/h2,4-9,16,21,28H,3,10-15H2,1H3/t21-/m1/s1. The second-order valence-corrected chi connectivity index (χ2v) is 7.81. The molecule has 0 aliphatic carbocycles. The van der Waals surface area contributed by atoms with Gasteiger partial charge in [-0.15, -0.1) is 0 Å². The number of likely N-dealkylation sites (tertiary alicyclic amines) is 1. The van der Waals surface area contributed by atoms with Gasteiger partial charge < -0.3 is 19.5 Å². The average Bonchev–Trinajstić information content (AvgIpc) is 3.10. The van der Waals surface area contributed by atoms with Crippen molar-refractivity contribution in [3.8, 4) is 5.75 Å². The van der Waals surface area contributed by atoms with Crippen molar-refractivity contribution in [1.82, 2.24) is 14.8 Å². The molecule has 0 radical (unpaired) electrons. The molecule has 8 heteroatoms. The summed E-state index contributed by atoms with van der Waals surface area (Å²) in [5, 5.41) is 11.0. The number of ketones is 1. The van der Waals surface area contributed by atoms with Gasteiger partial charge in [-0.2, -0.15) is 0 Å². The smallest absolute Gasteiger partial charge is 0.295 e. The maximum atomic E-state index is 13.0. The van der Waals surface area contributed by atoms with Crippen LogP contribution < -0.4 is 4.74 Å². The van der Waals surface area contributed by atoms with Gasteiger partial charge in [0, 0.05) is 44.1 Å². The molecule has 3 heterocycles. The highest BCUT2D eigenvalue weighted by Crippen LogP contribution is 2.39. The molecule has 1 N–H and O–H groups in total. The number of rotatable bonds is 7. The molecular formula is C24H27N3O5. The zero-order valence-electron chi connectivity index (χ0n) is 18.1. The summed E-state index contributed by atoms with van der Waals surface area (Å²) in [7, 11) is 1.56. The number of carbonyl (C=O) groups is 2. The van der Waals surface area contributed by atoms with Crippen LogP contribution in [0.2, 0.25) is 0 Å². The Bertz CT molecular complexity index is 984. The van der Waals surface area contributed by atoms with Crippen molar-refractivity contribution in [3.63, 3.8) is 0 Å². The Morgan fingerprint density at radius 3 is 2.56 bits per heavy atom. The van der Waals surface area contributed by atoms with Gasteiger partial charge in [0.15, 0.2) is 0 Å². The average molecular weight is 437 g/mol. The van der Waals surface area contributed by atoms with Gasteiger partial charge in [-0.05, 0) is 42.3 Å². The lowest BCUT2D eigenvalue weighted by Crippen LogP contribution is -2.39. The quantitative estimate of drug-likeness (QED) is 0.403. The molecule has 2 aliphatic heterocycles. The van der Waals surface area contributed by atoms with Crippen molar-refractivity contribution >= 4 is 17.4 Å². The van der Waals surface area contributed by atoms with Gasteiger partial charge in [-0.3, -0.25) is 19.5 Å². The van der Waals surface area contributed by atoms with Gasteiger partial charge in [0.1, 0.15) is 11.5 Å². The molecule has 2 saturated heterocycles. The predicted molar refractivity (Wildman–Crippen MR) is 118 cm³/mol. The summed E-state index contributed by atoms with van der Waals surface area (Å²) >= 11 is 0.